The number of nitrogens with zero attached hydrogens (tertiary/aromatic N) is 1. The minimum Gasteiger partial charge on any atom is -0.491 e. The maximum atomic E-state index is 11.9. The number of likely N-dealkylation sites (N-methyl/N-ethyl adjacent to an activating group) is 1. The number of amides is 2. The van der Waals surface area contributed by atoms with Crippen molar-refractivity contribution in [2.45, 2.75) is 6.92 Å². The van der Waals surface area contributed by atoms with Crippen LogP contribution in [0.1, 0.15) is 6.92 Å². The average Bonchev–Trinajstić information content (AvgIpc) is 2.72. The molecule has 6 heteroatoms. The lowest BCUT2D eigenvalue weighted by atomic mass is 10.3. The standard InChI is InChI=1S/C14H16N2O4/c1-2-16-13(18)9-12(14(16)19)15-10-3-5-11(6-4-10)20-8-7-17/h3-6,9,15,17H,2,7-8H2,1H3. The molecule has 0 aliphatic carbocycles. The van der Waals surface area contributed by atoms with Gasteiger partial charge in [0, 0.05) is 18.3 Å². The molecule has 0 spiro atoms. The van der Waals surface area contributed by atoms with Gasteiger partial charge in [-0.3, -0.25) is 14.5 Å². The quantitative estimate of drug-likeness (QED) is 0.749. The van der Waals surface area contributed by atoms with E-state index in [1.54, 1.807) is 31.2 Å². The molecule has 2 amide bonds. The van der Waals surface area contributed by atoms with E-state index in [4.69, 9.17) is 9.84 Å². The second kappa shape index (κ2) is 6.21. The van der Waals surface area contributed by atoms with E-state index in [0.29, 0.717) is 18.0 Å². The molecule has 2 rings (SSSR count). The molecule has 2 N–H and O–H groups in total. The summed E-state index contributed by atoms with van der Waals surface area (Å²) in [6.07, 6.45) is 1.29. The Balaban J connectivity index is 2.02. The molecule has 1 aromatic carbocycles. The van der Waals surface area contributed by atoms with E-state index in [1.807, 2.05) is 0 Å². The van der Waals surface area contributed by atoms with E-state index >= 15 is 0 Å². The molecule has 20 heavy (non-hydrogen) atoms. The number of aliphatic hydroxyl groups excluding tert-OH is 1. The van der Waals surface area contributed by atoms with Gasteiger partial charge in [0.1, 0.15) is 18.1 Å². The van der Waals surface area contributed by atoms with Gasteiger partial charge in [-0.1, -0.05) is 0 Å². The summed E-state index contributed by atoms with van der Waals surface area (Å²) >= 11 is 0. The third-order valence-corrected chi connectivity index (χ3v) is 2.82. The number of nitrogens with one attached hydrogen (secondary N) is 1. The molecule has 106 valence electrons. The number of ether oxygens (including phenoxy) is 1. The van der Waals surface area contributed by atoms with Crippen LogP contribution in [0.4, 0.5) is 5.69 Å². The summed E-state index contributed by atoms with van der Waals surface area (Å²) in [4.78, 5) is 24.6. The fourth-order valence-corrected chi connectivity index (χ4v) is 1.85. The molecule has 0 radical (unpaired) electrons. The van der Waals surface area contributed by atoms with Crippen LogP contribution in [-0.4, -0.2) is 41.6 Å². The number of carbonyl (C=O) groups excluding carboxylic acids is 2. The van der Waals surface area contributed by atoms with Crippen LogP contribution in [0.5, 0.6) is 5.75 Å². The maximum absolute atomic E-state index is 11.9. The van der Waals surface area contributed by atoms with Crippen LogP contribution in [0.3, 0.4) is 0 Å². The monoisotopic (exact) mass is 276 g/mol. The van der Waals surface area contributed by atoms with Crippen LogP contribution in [0.25, 0.3) is 0 Å². The smallest absolute Gasteiger partial charge is 0.277 e. The van der Waals surface area contributed by atoms with E-state index < -0.39 is 0 Å². The molecule has 1 heterocycles. The first-order chi connectivity index (χ1) is 9.65. The highest BCUT2D eigenvalue weighted by atomic mass is 16.5. The minimum atomic E-state index is -0.321. The van der Waals surface area contributed by atoms with Crippen LogP contribution in [0.2, 0.25) is 0 Å². The Morgan fingerprint density at radius 1 is 1.25 bits per heavy atom. The van der Waals surface area contributed by atoms with E-state index in [1.165, 1.54) is 11.0 Å². The second-order valence-electron chi connectivity index (χ2n) is 4.17. The lowest BCUT2D eigenvalue weighted by Crippen LogP contribution is -2.31. The van der Waals surface area contributed by atoms with Crippen molar-refractivity contribution in [3.05, 3.63) is 36.0 Å². The van der Waals surface area contributed by atoms with E-state index in [2.05, 4.69) is 5.32 Å². The van der Waals surface area contributed by atoms with Crippen molar-refractivity contribution in [1.82, 2.24) is 4.90 Å². The SMILES string of the molecule is CCN1C(=O)C=C(Nc2ccc(OCCO)cc2)C1=O. The Morgan fingerprint density at radius 2 is 1.95 bits per heavy atom. The van der Waals surface area contributed by atoms with Gasteiger partial charge in [0.2, 0.25) is 0 Å². The number of hydrogen-bond acceptors (Lipinski definition) is 5. The largest absolute Gasteiger partial charge is 0.491 e. The summed E-state index contributed by atoms with van der Waals surface area (Å²) in [5.41, 5.74) is 0.951. The number of rotatable bonds is 6. The summed E-state index contributed by atoms with van der Waals surface area (Å²) in [5, 5.41) is 11.6. The van der Waals surface area contributed by atoms with Crippen LogP contribution < -0.4 is 10.1 Å². The topological polar surface area (TPSA) is 78.9 Å². The molecule has 0 unspecified atom stereocenters. The molecule has 0 atom stereocenters. The number of hydrogen-bond donors (Lipinski definition) is 2. The first kappa shape index (κ1) is 14.1. The summed E-state index contributed by atoms with van der Waals surface area (Å²) in [7, 11) is 0. The number of carbonyl (C=O) groups is 2. The van der Waals surface area contributed by atoms with Crippen molar-refractivity contribution in [2.75, 3.05) is 25.1 Å². The highest BCUT2D eigenvalue weighted by Crippen LogP contribution is 2.20. The van der Waals surface area contributed by atoms with Gasteiger partial charge >= 0.3 is 0 Å². The highest BCUT2D eigenvalue weighted by Gasteiger charge is 2.29. The van der Waals surface area contributed by atoms with Crippen molar-refractivity contribution in [3.8, 4) is 5.75 Å². The van der Waals surface area contributed by atoms with Crippen LogP contribution >= 0.6 is 0 Å². The zero-order valence-electron chi connectivity index (χ0n) is 11.1. The molecule has 0 saturated heterocycles. The molecule has 0 bridgehead atoms. The Morgan fingerprint density at radius 3 is 2.50 bits per heavy atom. The van der Waals surface area contributed by atoms with Gasteiger partial charge in [-0.15, -0.1) is 0 Å². The molecule has 1 aromatic rings. The van der Waals surface area contributed by atoms with Crippen molar-refractivity contribution in [2.24, 2.45) is 0 Å². The molecule has 1 aliphatic rings. The number of imide groups is 1. The molecular weight excluding hydrogens is 260 g/mol. The molecule has 0 aromatic heterocycles. The van der Waals surface area contributed by atoms with Gasteiger partial charge in [-0.25, -0.2) is 0 Å². The molecule has 1 aliphatic heterocycles. The summed E-state index contributed by atoms with van der Waals surface area (Å²) in [6, 6.07) is 6.91. The van der Waals surface area contributed by atoms with Gasteiger partial charge in [-0.05, 0) is 31.2 Å². The van der Waals surface area contributed by atoms with Gasteiger partial charge in [0.25, 0.3) is 11.8 Å². The van der Waals surface area contributed by atoms with Gasteiger partial charge in [0.15, 0.2) is 0 Å². The third kappa shape index (κ3) is 2.97. The van der Waals surface area contributed by atoms with Crippen LogP contribution in [0, 0.1) is 0 Å². The number of anilines is 1. The van der Waals surface area contributed by atoms with E-state index in [-0.39, 0.29) is 30.7 Å². The van der Waals surface area contributed by atoms with E-state index in [0.717, 1.165) is 0 Å². The Kier molecular flexibility index (Phi) is 4.37. The zero-order valence-corrected chi connectivity index (χ0v) is 11.1. The van der Waals surface area contributed by atoms with Crippen molar-refractivity contribution < 1.29 is 19.4 Å². The van der Waals surface area contributed by atoms with Crippen molar-refractivity contribution >= 4 is 17.5 Å². The first-order valence-corrected chi connectivity index (χ1v) is 6.34. The number of benzene rings is 1. The van der Waals surface area contributed by atoms with Crippen LogP contribution in [-0.2, 0) is 9.59 Å². The number of aliphatic hydroxyl groups is 1. The van der Waals surface area contributed by atoms with Crippen LogP contribution in [0.15, 0.2) is 36.0 Å². The average molecular weight is 276 g/mol. The molecular formula is C14H16N2O4. The maximum Gasteiger partial charge on any atom is 0.277 e. The molecule has 0 fully saturated rings. The van der Waals surface area contributed by atoms with E-state index in [9.17, 15) is 9.59 Å². The van der Waals surface area contributed by atoms with Crippen molar-refractivity contribution in [3.63, 3.8) is 0 Å². The van der Waals surface area contributed by atoms with Crippen molar-refractivity contribution in [1.29, 1.82) is 0 Å². The summed E-state index contributed by atoms with van der Waals surface area (Å²) in [6.45, 7) is 2.29. The zero-order chi connectivity index (χ0) is 14.5. The third-order valence-electron chi connectivity index (χ3n) is 2.82. The minimum absolute atomic E-state index is 0.0453. The highest BCUT2D eigenvalue weighted by molar-refractivity contribution is 6.17. The first-order valence-electron chi connectivity index (χ1n) is 6.34. The Hall–Kier alpha value is -2.34. The lowest BCUT2D eigenvalue weighted by molar-refractivity contribution is -0.136. The summed E-state index contributed by atoms with van der Waals surface area (Å²) < 4.78 is 5.23. The van der Waals surface area contributed by atoms with Gasteiger partial charge in [-0.2, -0.15) is 0 Å². The second-order valence-corrected chi connectivity index (χ2v) is 4.17. The summed E-state index contributed by atoms with van der Waals surface area (Å²) in [5.74, 6) is 0.00333. The molecule has 6 nitrogen and oxygen atoms in total. The lowest BCUT2D eigenvalue weighted by Gasteiger charge is -2.12. The predicted octanol–water partition coefficient (Wildman–Crippen LogP) is 0.742. The Labute approximate surface area is 116 Å². The normalized spacial score (nSPS) is 14.5. The fraction of sp³-hybridized carbons (Fsp3) is 0.286. The van der Waals surface area contributed by atoms with Gasteiger partial charge in [0.05, 0.1) is 6.61 Å². The Bertz CT molecular complexity index is 537. The van der Waals surface area contributed by atoms with Gasteiger partial charge < -0.3 is 15.2 Å². The predicted molar refractivity (Wildman–Crippen MR) is 73.1 cm³/mol. The fourth-order valence-electron chi connectivity index (χ4n) is 1.85. The molecule has 0 saturated carbocycles.